The summed E-state index contributed by atoms with van der Waals surface area (Å²) in [6.07, 6.45) is 14.8. The highest BCUT2D eigenvalue weighted by molar-refractivity contribution is 9.10. The van der Waals surface area contributed by atoms with E-state index in [0.717, 1.165) is 80.3 Å². The first-order chi connectivity index (χ1) is 37.2. The summed E-state index contributed by atoms with van der Waals surface area (Å²) in [5, 5.41) is 36.6. The normalized spacial score (nSPS) is 26.6. The van der Waals surface area contributed by atoms with E-state index in [-0.39, 0.29) is 52.9 Å². The average molecular weight is 1220 g/mol. The number of benzene rings is 4. The molecule has 0 amide bonds. The third kappa shape index (κ3) is 9.35. The van der Waals surface area contributed by atoms with Crippen molar-refractivity contribution in [1.29, 1.82) is 0 Å². The zero-order chi connectivity index (χ0) is 53.1. The maximum atomic E-state index is 14.6. The second-order valence-corrected chi connectivity index (χ2v) is 26.3. The first-order valence-corrected chi connectivity index (χ1v) is 30.1. The second kappa shape index (κ2) is 20.5. The predicted molar refractivity (Wildman–Crippen MR) is 300 cm³/mol. The van der Waals surface area contributed by atoms with E-state index in [1.54, 1.807) is 6.07 Å². The number of aliphatic hydroxyl groups is 2. The fourth-order valence-electron chi connectivity index (χ4n) is 13.0. The fraction of sp³-hybridized carbons (Fsp3) is 0.421. The van der Waals surface area contributed by atoms with Gasteiger partial charge < -0.3 is 19.7 Å². The number of ether oxygens (including phenoxy) is 2. The number of thiazole rings is 2. The zero-order valence-corrected chi connectivity index (χ0v) is 47.5. The topological polar surface area (TPSA) is 125 Å². The Labute approximate surface area is 479 Å². The zero-order valence-electron chi connectivity index (χ0n) is 41.3. The molecule has 8 atom stereocenters. The molecule has 0 aliphatic heterocycles. The van der Waals surface area contributed by atoms with Gasteiger partial charge in [0.05, 0.1) is 80.6 Å². The van der Waals surface area contributed by atoms with Crippen molar-refractivity contribution in [3.05, 3.63) is 153 Å². The molecule has 14 rings (SSSR count). The van der Waals surface area contributed by atoms with Gasteiger partial charge in [-0.3, -0.25) is 0 Å². The van der Waals surface area contributed by atoms with Gasteiger partial charge in [0, 0.05) is 9.17 Å². The minimum atomic E-state index is -1.11. The Balaban J connectivity index is 0.000000147. The minimum Gasteiger partial charge on any atom is -0.382 e. The van der Waals surface area contributed by atoms with E-state index in [4.69, 9.17) is 62.4 Å². The Morgan fingerprint density at radius 1 is 0.623 bits per heavy atom. The molecule has 8 aromatic rings. The van der Waals surface area contributed by atoms with Crippen LogP contribution in [0.15, 0.2) is 77.5 Å². The van der Waals surface area contributed by atoms with Crippen molar-refractivity contribution in [3.8, 4) is 11.4 Å². The summed E-state index contributed by atoms with van der Waals surface area (Å²) in [7, 11) is 0. The number of halogens is 7. The molecule has 398 valence electrons. The number of nitrogens with zero attached hydrogens (tertiary/aromatic N) is 7. The fourth-order valence-corrected chi connectivity index (χ4v) is 17.2. The molecule has 4 unspecified atom stereocenters. The van der Waals surface area contributed by atoms with Gasteiger partial charge in [0.2, 0.25) is 0 Å². The Bertz CT molecular complexity index is 3600. The first-order valence-electron chi connectivity index (χ1n) is 26.1. The van der Waals surface area contributed by atoms with Crippen LogP contribution in [0.25, 0.3) is 36.7 Å². The Kier molecular flexibility index (Phi) is 13.9. The summed E-state index contributed by atoms with van der Waals surface area (Å²) >= 11 is 32.2. The lowest BCUT2D eigenvalue weighted by molar-refractivity contribution is -0.116. The van der Waals surface area contributed by atoms with Gasteiger partial charge in [-0.05, 0) is 172 Å². The third-order valence-electron chi connectivity index (χ3n) is 17.1. The molecule has 4 aromatic carbocycles. The highest BCUT2D eigenvalue weighted by Gasteiger charge is 2.58. The summed E-state index contributed by atoms with van der Waals surface area (Å²) in [5.41, 5.74) is 4.31. The van der Waals surface area contributed by atoms with Gasteiger partial charge in [0.1, 0.15) is 49.4 Å². The summed E-state index contributed by atoms with van der Waals surface area (Å²) < 4.78 is 47.9. The highest BCUT2D eigenvalue weighted by Crippen LogP contribution is 2.59. The van der Waals surface area contributed by atoms with E-state index in [1.165, 1.54) is 45.9 Å². The number of rotatable bonds is 12. The van der Waals surface area contributed by atoms with Crippen LogP contribution in [0.3, 0.4) is 0 Å². The molecular weight excluding hydrogens is 1170 g/mol. The molecule has 20 heteroatoms. The number of fused-ring (bicyclic) bond motifs is 6. The molecule has 2 N–H and O–H groups in total. The average Bonchev–Trinajstić information content (AvgIpc) is 4.33. The van der Waals surface area contributed by atoms with Crippen LogP contribution in [0.4, 0.5) is 14.5 Å². The minimum absolute atomic E-state index is 0.00477. The summed E-state index contributed by atoms with van der Waals surface area (Å²) in [4.78, 5) is 12.5. The van der Waals surface area contributed by atoms with E-state index in [2.05, 4.69) is 40.9 Å². The van der Waals surface area contributed by atoms with Crippen LogP contribution < -0.4 is 0 Å². The van der Waals surface area contributed by atoms with Gasteiger partial charge in [0.15, 0.2) is 11.5 Å². The molecule has 4 bridgehead atoms. The smallest absolute Gasteiger partial charge is 0.191 e. The maximum Gasteiger partial charge on any atom is 0.191 e. The largest absolute Gasteiger partial charge is 0.382 e. The van der Waals surface area contributed by atoms with Crippen LogP contribution in [-0.2, 0) is 33.9 Å². The molecule has 77 heavy (non-hydrogen) atoms. The Morgan fingerprint density at radius 2 is 1.03 bits per heavy atom. The van der Waals surface area contributed by atoms with Crippen molar-refractivity contribution >= 4 is 111 Å². The second-order valence-electron chi connectivity index (χ2n) is 21.7. The van der Waals surface area contributed by atoms with Gasteiger partial charge in [-0.25, -0.2) is 33.0 Å². The Morgan fingerprint density at radius 3 is 1.43 bits per heavy atom. The lowest BCUT2D eigenvalue weighted by Crippen LogP contribution is -2.44. The van der Waals surface area contributed by atoms with Crippen molar-refractivity contribution in [2.45, 2.75) is 126 Å². The van der Waals surface area contributed by atoms with E-state index in [1.807, 2.05) is 64.2 Å². The van der Waals surface area contributed by atoms with Crippen molar-refractivity contribution in [2.75, 3.05) is 0 Å². The lowest BCUT2D eigenvalue weighted by Gasteiger charge is -2.41. The van der Waals surface area contributed by atoms with Crippen molar-refractivity contribution in [3.63, 3.8) is 0 Å². The molecule has 4 heterocycles. The lowest BCUT2D eigenvalue weighted by atomic mass is 9.73. The van der Waals surface area contributed by atoms with Crippen molar-refractivity contribution in [1.82, 2.24) is 29.5 Å². The predicted octanol–water partition coefficient (Wildman–Crippen LogP) is 16.1. The van der Waals surface area contributed by atoms with Crippen LogP contribution in [0, 0.1) is 41.9 Å². The molecule has 0 saturated heterocycles. The standard InChI is InChI=1S/C29H25Cl2FN4O2S.C28H25BrCl2FN3O2S/c1-33-18-11-23(32)26-25(12-18)39-28(35-26)29(37)16-7-8-17(29)10-19(9-16)38-14-24-20(15-5-6-15)13-34-36(24)27-21(30)3-2-4-22(27)31;29-17-10-22(32)25-24(11-17)38-27(34-25)28(36)15-6-7-16(28)9-18(8-15)37-13-23-19(14-4-5-14)12-33-35(23)26-20(30)2-1-3-21(26)31/h2-4,11-13,15-17,19,37H,5-10,14H2;1-3,10-12,14-16,18,36H,4-9,13H2/t16-,17+,19?,29?;15-,16+,18?,28?. The van der Waals surface area contributed by atoms with E-state index < -0.39 is 17.0 Å². The first kappa shape index (κ1) is 52.3. The van der Waals surface area contributed by atoms with Gasteiger partial charge in [-0.2, -0.15) is 10.2 Å². The molecule has 0 radical (unpaired) electrons. The molecule has 0 spiro atoms. The molecule has 6 aliphatic carbocycles. The number of hydrogen-bond donors (Lipinski definition) is 2. The number of aromatic nitrogens is 6. The van der Waals surface area contributed by atoms with Crippen LogP contribution in [-0.4, -0.2) is 51.9 Å². The highest BCUT2D eigenvalue weighted by atomic mass is 79.9. The summed E-state index contributed by atoms with van der Waals surface area (Å²) in [6.45, 7) is 8.00. The summed E-state index contributed by atoms with van der Waals surface area (Å²) in [6, 6.07) is 17.0. The molecule has 6 aliphatic rings. The van der Waals surface area contributed by atoms with E-state index in [9.17, 15) is 19.0 Å². The van der Waals surface area contributed by atoms with E-state index >= 15 is 0 Å². The van der Waals surface area contributed by atoms with Gasteiger partial charge in [-0.1, -0.05) is 74.5 Å². The molecular formula is C57H50BrCl4F2N7O4S2. The van der Waals surface area contributed by atoms with Crippen LogP contribution >= 0.6 is 85.0 Å². The van der Waals surface area contributed by atoms with Gasteiger partial charge in [-0.15, -0.1) is 22.7 Å². The summed E-state index contributed by atoms with van der Waals surface area (Å²) in [5.74, 6) is 0.0623. The van der Waals surface area contributed by atoms with Crippen molar-refractivity contribution in [2.24, 2.45) is 23.7 Å². The van der Waals surface area contributed by atoms with Crippen LogP contribution in [0.5, 0.6) is 0 Å². The molecule has 4 aromatic heterocycles. The number of para-hydroxylation sites is 2. The van der Waals surface area contributed by atoms with Crippen molar-refractivity contribution < 1.29 is 28.5 Å². The molecule has 11 nitrogen and oxygen atoms in total. The molecule has 6 saturated carbocycles. The van der Waals surface area contributed by atoms with Gasteiger partial charge >= 0.3 is 0 Å². The number of hydrogen-bond acceptors (Lipinski definition) is 10. The van der Waals surface area contributed by atoms with E-state index in [0.29, 0.717) is 94.1 Å². The van der Waals surface area contributed by atoms with Crippen LogP contribution in [0.1, 0.15) is 121 Å². The third-order valence-corrected chi connectivity index (χ3v) is 21.1. The van der Waals surface area contributed by atoms with Gasteiger partial charge in [0.25, 0.3) is 0 Å². The monoisotopic (exact) mass is 1220 g/mol. The van der Waals surface area contributed by atoms with Crippen LogP contribution in [0.2, 0.25) is 20.1 Å². The molecule has 6 fully saturated rings. The SMILES string of the molecule is OC1(c2nc3c(F)cc(Br)cc3s2)[C@@H]2CC[C@H]1CC(OCc1c(C3CC3)cnn1-c1c(Cl)cccc1Cl)C2.[C-]#[N+]c1cc(F)c2nc(C3(O)[C@@H]4CC[C@H]3CC(OCc3c(C5CC5)cnn3-c3c(Cl)cccc3Cl)C4)sc2c1. The Hall–Kier alpha value is -4.09. The maximum absolute atomic E-state index is 14.6. The quantitative estimate of drug-likeness (QED) is 0.116.